The lowest BCUT2D eigenvalue weighted by molar-refractivity contribution is 0.356. The van der Waals surface area contributed by atoms with Crippen LogP contribution in [0.4, 0.5) is 0 Å². The highest BCUT2D eigenvalue weighted by Crippen LogP contribution is 2.16. The summed E-state index contributed by atoms with van der Waals surface area (Å²) in [5.41, 5.74) is 0.136. The average molecular weight is 246 g/mol. The molecule has 0 saturated carbocycles. The van der Waals surface area contributed by atoms with Crippen molar-refractivity contribution >= 4 is 12.4 Å². The molecule has 0 aliphatic carbocycles. The second-order valence-electron chi connectivity index (χ2n) is 4.47. The van der Waals surface area contributed by atoms with Crippen LogP contribution in [0.3, 0.4) is 0 Å². The fourth-order valence-electron chi connectivity index (χ4n) is 2.16. The van der Waals surface area contributed by atoms with Crippen molar-refractivity contribution in [1.82, 2.24) is 14.5 Å². The average Bonchev–Trinajstić information content (AvgIpc) is 2.61. The fourth-order valence-corrected chi connectivity index (χ4v) is 2.16. The lowest BCUT2D eigenvalue weighted by Gasteiger charge is -2.23. The molecule has 0 radical (unpaired) electrons. The van der Waals surface area contributed by atoms with Gasteiger partial charge in [0.25, 0.3) is 0 Å². The molecule has 5 heteroatoms. The Balaban J connectivity index is 0.00000128. The lowest BCUT2D eigenvalue weighted by Crippen LogP contribution is -2.35. The Bertz CT molecular complexity index is 377. The van der Waals surface area contributed by atoms with E-state index < -0.39 is 0 Å². The summed E-state index contributed by atoms with van der Waals surface area (Å²) >= 11 is 0. The molecule has 0 atom stereocenters. The highest BCUT2D eigenvalue weighted by molar-refractivity contribution is 5.85. The molecule has 4 nitrogen and oxygen atoms in total. The first-order chi connectivity index (χ1) is 7.20. The van der Waals surface area contributed by atoms with E-state index >= 15 is 0 Å². The van der Waals surface area contributed by atoms with Gasteiger partial charge in [-0.25, -0.2) is 4.79 Å². The molecule has 1 saturated heterocycles. The van der Waals surface area contributed by atoms with E-state index in [1.807, 2.05) is 30.8 Å². The Morgan fingerprint density at radius 3 is 2.44 bits per heavy atom. The zero-order chi connectivity index (χ0) is 10.8. The van der Waals surface area contributed by atoms with Crippen molar-refractivity contribution < 1.29 is 0 Å². The maximum atomic E-state index is 12.0. The van der Waals surface area contributed by atoms with Gasteiger partial charge in [-0.15, -0.1) is 12.4 Å². The van der Waals surface area contributed by atoms with Gasteiger partial charge in [0.15, 0.2) is 0 Å². The summed E-state index contributed by atoms with van der Waals surface area (Å²) < 4.78 is 3.68. The number of aromatic nitrogens is 2. The first-order valence-electron chi connectivity index (χ1n) is 5.70. The fraction of sp³-hybridized carbons (Fsp3) is 0.727. The molecule has 0 bridgehead atoms. The van der Waals surface area contributed by atoms with E-state index in [4.69, 9.17) is 0 Å². The van der Waals surface area contributed by atoms with Gasteiger partial charge >= 0.3 is 5.69 Å². The molecule has 1 aliphatic rings. The first kappa shape index (κ1) is 13.3. The van der Waals surface area contributed by atoms with E-state index in [2.05, 4.69) is 5.32 Å². The number of hydrogen-bond donors (Lipinski definition) is 1. The number of hydrogen-bond acceptors (Lipinski definition) is 2. The van der Waals surface area contributed by atoms with Crippen molar-refractivity contribution in [3.8, 4) is 0 Å². The number of halogens is 1. The third-order valence-electron chi connectivity index (χ3n) is 3.09. The number of nitrogens with one attached hydrogen (secondary N) is 1. The lowest BCUT2D eigenvalue weighted by atomic mass is 10.1. The van der Waals surface area contributed by atoms with Crippen molar-refractivity contribution in [3.05, 3.63) is 22.9 Å². The van der Waals surface area contributed by atoms with Gasteiger partial charge in [-0.1, -0.05) is 0 Å². The molecule has 2 rings (SSSR count). The molecule has 16 heavy (non-hydrogen) atoms. The highest BCUT2D eigenvalue weighted by Gasteiger charge is 2.17. The summed E-state index contributed by atoms with van der Waals surface area (Å²) in [7, 11) is 0. The Morgan fingerprint density at radius 2 is 1.94 bits per heavy atom. The first-order valence-corrected chi connectivity index (χ1v) is 5.70. The summed E-state index contributed by atoms with van der Waals surface area (Å²) in [6, 6.07) is 0.638. The van der Waals surface area contributed by atoms with Crippen LogP contribution in [0.5, 0.6) is 0 Å². The topological polar surface area (TPSA) is 39.0 Å². The molecular formula is C11H20ClN3O. The number of piperidine rings is 1. The Kier molecular flexibility index (Phi) is 4.62. The van der Waals surface area contributed by atoms with Gasteiger partial charge < -0.3 is 5.32 Å². The Hall–Kier alpha value is -0.740. The third kappa shape index (κ3) is 2.50. The summed E-state index contributed by atoms with van der Waals surface area (Å²) in [5.74, 6) is 0. The van der Waals surface area contributed by atoms with Crippen LogP contribution in [0.25, 0.3) is 0 Å². The Labute approximate surface area is 102 Å². The summed E-state index contributed by atoms with van der Waals surface area (Å²) in [6.07, 6.45) is 5.94. The van der Waals surface area contributed by atoms with Crippen LogP contribution in [0, 0.1) is 0 Å². The second kappa shape index (κ2) is 5.55. The number of imidazole rings is 1. The molecular weight excluding hydrogens is 226 g/mol. The van der Waals surface area contributed by atoms with Crippen LogP contribution in [0.1, 0.15) is 38.8 Å². The maximum absolute atomic E-state index is 12.0. The van der Waals surface area contributed by atoms with Crippen LogP contribution in [0.2, 0.25) is 0 Å². The van der Waals surface area contributed by atoms with Gasteiger partial charge in [0.05, 0.1) is 0 Å². The van der Waals surface area contributed by atoms with Crippen LogP contribution in [-0.4, -0.2) is 22.2 Å². The van der Waals surface area contributed by atoms with Crippen molar-refractivity contribution in [1.29, 1.82) is 0 Å². The molecule has 0 spiro atoms. The van der Waals surface area contributed by atoms with Gasteiger partial charge in [-0.3, -0.25) is 9.13 Å². The molecule has 1 fully saturated rings. The number of rotatable bonds is 2. The highest BCUT2D eigenvalue weighted by atomic mass is 35.5. The van der Waals surface area contributed by atoms with E-state index in [1.54, 1.807) is 4.57 Å². The summed E-state index contributed by atoms with van der Waals surface area (Å²) in [5, 5.41) is 3.31. The maximum Gasteiger partial charge on any atom is 0.328 e. The molecule has 0 unspecified atom stereocenters. The molecule has 1 aliphatic heterocycles. The quantitative estimate of drug-likeness (QED) is 0.859. The Morgan fingerprint density at radius 1 is 1.31 bits per heavy atom. The van der Waals surface area contributed by atoms with Crippen molar-refractivity contribution in [2.75, 3.05) is 13.1 Å². The zero-order valence-electron chi connectivity index (χ0n) is 9.85. The molecule has 1 aromatic rings. The van der Waals surface area contributed by atoms with E-state index in [9.17, 15) is 4.79 Å². The number of nitrogens with zero attached hydrogens (tertiary/aromatic N) is 2. The minimum atomic E-state index is 0. The molecule has 1 N–H and O–H groups in total. The van der Waals surface area contributed by atoms with E-state index in [0.29, 0.717) is 6.04 Å². The van der Waals surface area contributed by atoms with E-state index in [1.165, 1.54) is 0 Å². The normalized spacial score (nSPS) is 17.4. The van der Waals surface area contributed by atoms with Crippen molar-refractivity contribution in [2.24, 2.45) is 0 Å². The monoisotopic (exact) mass is 245 g/mol. The largest absolute Gasteiger partial charge is 0.328 e. The van der Waals surface area contributed by atoms with Gasteiger partial charge in [-0.2, -0.15) is 0 Å². The SMILES string of the molecule is CC(C)n1ccn(C2CCNCC2)c1=O.Cl. The molecule has 0 aromatic carbocycles. The minimum Gasteiger partial charge on any atom is -0.317 e. The molecule has 2 heterocycles. The predicted octanol–water partition coefficient (Wildman–Crippen LogP) is 1.58. The molecule has 1 aromatic heterocycles. The molecule has 0 amide bonds. The predicted molar refractivity (Wildman–Crippen MR) is 67.5 cm³/mol. The van der Waals surface area contributed by atoms with Crippen LogP contribution in [0.15, 0.2) is 17.2 Å². The van der Waals surface area contributed by atoms with Crippen LogP contribution >= 0.6 is 12.4 Å². The smallest absolute Gasteiger partial charge is 0.317 e. The van der Waals surface area contributed by atoms with Gasteiger partial charge in [-0.05, 0) is 39.8 Å². The summed E-state index contributed by atoms with van der Waals surface area (Å²) in [4.78, 5) is 12.0. The van der Waals surface area contributed by atoms with Gasteiger partial charge in [0.1, 0.15) is 0 Å². The van der Waals surface area contributed by atoms with E-state index in [-0.39, 0.29) is 24.1 Å². The minimum absolute atomic E-state index is 0. The van der Waals surface area contributed by atoms with Gasteiger partial charge in [0.2, 0.25) is 0 Å². The summed E-state index contributed by atoms with van der Waals surface area (Å²) in [6.45, 7) is 6.11. The van der Waals surface area contributed by atoms with Gasteiger partial charge in [0, 0.05) is 24.5 Å². The van der Waals surface area contributed by atoms with Crippen LogP contribution in [-0.2, 0) is 0 Å². The standard InChI is InChI=1S/C11H19N3O.ClH/c1-9(2)13-7-8-14(11(13)15)10-3-5-12-6-4-10;/h7-10,12H,3-6H2,1-2H3;1H. The van der Waals surface area contributed by atoms with Crippen LogP contribution < -0.4 is 11.0 Å². The third-order valence-corrected chi connectivity index (χ3v) is 3.09. The van der Waals surface area contributed by atoms with Crippen molar-refractivity contribution in [2.45, 2.75) is 38.8 Å². The van der Waals surface area contributed by atoms with E-state index in [0.717, 1.165) is 25.9 Å². The van der Waals surface area contributed by atoms with Crippen molar-refractivity contribution in [3.63, 3.8) is 0 Å². The molecule has 92 valence electrons. The zero-order valence-corrected chi connectivity index (χ0v) is 10.7. The second-order valence-corrected chi connectivity index (χ2v) is 4.47.